The molecule has 8 heteroatoms. The summed E-state index contributed by atoms with van der Waals surface area (Å²) in [6.45, 7) is 0.322. The van der Waals surface area contributed by atoms with Crippen LogP contribution in [0.25, 0.3) is 0 Å². The van der Waals surface area contributed by atoms with Gasteiger partial charge in [-0.2, -0.15) is 0 Å². The molecular weight excluding hydrogens is 249 g/mol. The Balaban J connectivity index is 2.22. The third-order valence-corrected chi connectivity index (χ3v) is 2.03. The molecule has 1 aromatic heterocycles. The summed E-state index contributed by atoms with van der Waals surface area (Å²) in [5, 5.41) is 12.2. The summed E-state index contributed by atoms with van der Waals surface area (Å²) in [6.07, 6.45) is 0. The number of rotatable bonds is 4. The molecule has 5 nitrogen and oxygen atoms in total. The van der Waals surface area contributed by atoms with Crippen LogP contribution in [0, 0.1) is 17.5 Å². The molecule has 0 fully saturated rings. The Labute approximate surface area is 100 Å². The van der Waals surface area contributed by atoms with Crippen LogP contribution in [-0.4, -0.2) is 17.2 Å². The van der Waals surface area contributed by atoms with Crippen molar-refractivity contribution in [2.45, 2.75) is 6.54 Å². The highest BCUT2D eigenvalue weighted by molar-refractivity contribution is 5.53. The number of hydrogen-bond acceptors (Lipinski definition) is 5. The highest BCUT2D eigenvalue weighted by atomic mass is 19.1. The summed E-state index contributed by atoms with van der Waals surface area (Å²) in [6, 6.07) is 0.928. The molecule has 0 saturated heterocycles. The van der Waals surface area contributed by atoms with Gasteiger partial charge in [0.25, 0.3) is 0 Å². The maximum absolute atomic E-state index is 13.3. The minimum Gasteiger partial charge on any atom is -0.406 e. The molecule has 0 atom stereocenters. The van der Waals surface area contributed by atoms with Gasteiger partial charge in [-0.05, 0) is 7.05 Å². The average Bonchev–Trinajstić information content (AvgIpc) is 2.72. The molecule has 1 aromatic carbocycles. The monoisotopic (exact) mass is 258 g/mol. The minimum atomic E-state index is -1.08. The molecule has 0 spiro atoms. The topological polar surface area (TPSA) is 63.0 Å². The first kappa shape index (κ1) is 12.4. The van der Waals surface area contributed by atoms with Crippen molar-refractivity contribution < 1.29 is 17.6 Å². The predicted molar refractivity (Wildman–Crippen MR) is 56.7 cm³/mol. The van der Waals surface area contributed by atoms with E-state index >= 15 is 0 Å². The van der Waals surface area contributed by atoms with Gasteiger partial charge >= 0.3 is 6.01 Å². The standard InChI is InChI=1S/C10H9F3N4O/c1-14-4-8-16-17-10(18-8)15-9-6(12)2-5(11)3-7(9)13/h2-3,14H,4H2,1H3,(H,15,17). The number of nitrogens with zero attached hydrogens (tertiary/aromatic N) is 2. The van der Waals surface area contributed by atoms with Gasteiger partial charge in [-0.15, -0.1) is 5.10 Å². The molecule has 2 aromatic rings. The number of aromatic nitrogens is 2. The lowest BCUT2D eigenvalue weighted by molar-refractivity contribution is 0.490. The van der Waals surface area contributed by atoms with E-state index < -0.39 is 23.1 Å². The Morgan fingerprint density at radius 2 is 1.83 bits per heavy atom. The quantitative estimate of drug-likeness (QED) is 0.877. The Bertz CT molecular complexity index is 535. The van der Waals surface area contributed by atoms with E-state index in [9.17, 15) is 13.2 Å². The fourth-order valence-corrected chi connectivity index (χ4v) is 1.30. The van der Waals surface area contributed by atoms with E-state index in [1.165, 1.54) is 0 Å². The first-order chi connectivity index (χ1) is 8.60. The van der Waals surface area contributed by atoms with Crippen molar-refractivity contribution in [2.24, 2.45) is 0 Å². The lowest BCUT2D eigenvalue weighted by atomic mass is 10.3. The largest absolute Gasteiger partial charge is 0.406 e. The Kier molecular flexibility index (Phi) is 3.47. The number of hydrogen-bond donors (Lipinski definition) is 2. The van der Waals surface area contributed by atoms with Crippen LogP contribution < -0.4 is 10.6 Å². The highest BCUT2D eigenvalue weighted by Crippen LogP contribution is 2.23. The molecule has 0 bridgehead atoms. The van der Waals surface area contributed by atoms with E-state index in [0.717, 1.165) is 0 Å². The number of halogens is 3. The SMILES string of the molecule is CNCc1nnc(Nc2c(F)cc(F)cc2F)o1. The van der Waals surface area contributed by atoms with Gasteiger partial charge in [-0.25, -0.2) is 13.2 Å². The van der Waals surface area contributed by atoms with Crippen molar-refractivity contribution in [3.63, 3.8) is 0 Å². The van der Waals surface area contributed by atoms with E-state index in [1.54, 1.807) is 7.05 Å². The van der Waals surface area contributed by atoms with Crippen molar-refractivity contribution in [2.75, 3.05) is 12.4 Å². The van der Waals surface area contributed by atoms with Crippen LogP contribution in [-0.2, 0) is 6.54 Å². The molecule has 2 N–H and O–H groups in total. The summed E-state index contributed by atoms with van der Waals surface area (Å²) in [7, 11) is 1.68. The van der Waals surface area contributed by atoms with Gasteiger partial charge in [0.2, 0.25) is 5.89 Å². The van der Waals surface area contributed by atoms with Crippen LogP contribution in [0.15, 0.2) is 16.5 Å². The second-order valence-electron chi connectivity index (χ2n) is 3.40. The Morgan fingerprint density at radius 3 is 2.44 bits per heavy atom. The molecule has 18 heavy (non-hydrogen) atoms. The number of anilines is 2. The average molecular weight is 258 g/mol. The highest BCUT2D eigenvalue weighted by Gasteiger charge is 2.14. The first-order valence-corrected chi connectivity index (χ1v) is 4.98. The number of benzene rings is 1. The van der Waals surface area contributed by atoms with Gasteiger partial charge in [0, 0.05) is 12.1 Å². The molecule has 2 rings (SSSR count). The smallest absolute Gasteiger partial charge is 0.320 e. The predicted octanol–water partition coefficient (Wildman–Crippen LogP) is 1.95. The van der Waals surface area contributed by atoms with E-state index in [2.05, 4.69) is 20.8 Å². The lowest BCUT2D eigenvalue weighted by Crippen LogP contribution is -2.04. The van der Waals surface area contributed by atoms with Gasteiger partial charge in [0.1, 0.15) is 11.5 Å². The molecule has 0 aliphatic heterocycles. The molecule has 0 aliphatic carbocycles. The second-order valence-corrected chi connectivity index (χ2v) is 3.40. The van der Waals surface area contributed by atoms with Crippen molar-refractivity contribution >= 4 is 11.7 Å². The third kappa shape index (κ3) is 2.59. The van der Waals surface area contributed by atoms with Crippen LogP contribution in [0.5, 0.6) is 0 Å². The maximum atomic E-state index is 13.3. The van der Waals surface area contributed by atoms with Crippen molar-refractivity contribution in [1.29, 1.82) is 0 Å². The van der Waals surface area contributed by atoms with Crippen LogP contribution in [0.2, 0.25) is 0 Å². The number of nitrogens with one attached hydrogen (secondary N) is 2. The zero-order chi connectivity index (χ0) is 13.1. The zero-order valence-corrected chi connectivity index (χ0v) is 9.30. The molecule has 0 saturated carbocycles. The van der Waals surface area contributed by atoms with E-state index in [1.807, 2.05) is 0 Å². The van der Waals surface area contributed by atoms with Crippen LogP contribution >= 0.6 is 0 Å². The van der Waals surface area contributed by atoms with Gasteiger partial charge in [0.15, 0.2) is 11.6 Å². The Morgan fingerprint density at radius 1 is 1.17 bits per heavy atom. The summed E-state index contributed by atoms with van der Waals surface area (Å²) in [5.41, 5.74) is -0.545. The zero-order valence-electron chi connectivity index (χ0n) is 9.30. The lowest BCUT2D eigenvalue weighted by Gasteiger charge is -2.04. The van der Waals surface area contributed by atoms with Crippen LogP contribution in [0.4, 0.5) is 24.9 Å². The molecule has 0 unspecified atom stereocenters. The first-order valence-electron chi connectivity index (χ1n) is 4.98. The van der Waals surface area contributed by atoms with Gasteiger partial charge in [-0.1, -0.05) is 5.10 Å². The molecule has 0 radical (unpaired) electrons. The van der Waals surface area contributed by atoms with E-state index in [-0.39, 0.29) is 11.9 Å². The van der Waals surface area contributed by atoms with E-state index in [0.29, 0.717) is 18.7 Å². The van der Waals surface area contributed by atoms with Gasteiger partial charge in [-0.3, -0.25) is 0 Å². The fraction of sp³-hybridized carbons (Fsp3) is 0.200. The molecular formula is C10H9F3N4O. The van der Waals surface area contributed by atoms with Crippen LogP contribution in [0.3, 0.4) is 0 Å². The summed E-state index contributed by atoms with van der Waals surface area (Å²) in [4.78, 5) is 0. The van der Waals surface area contributed by atoms with Crippen molar-refractivity contribution in [3.05, 3.63) is 35.5 Å². The molecule has 0 aliphatic rings. The molecule has 1 heterocycles. The van der Waals surface area contributed by atoms with Gasteiger partial charge in [0.05, 0.1) is 6.54 Å². The van der Waals surface area contributed by atoms with Crippen molar-refractivity contribution in [3.8, 4) is 0 Å². The fourth-order valence-electron chi connectivity index (χ4n) is 1.30. The van der Waals surface area contributed by atoms with Gasteiger partial charge < -0.3 is 15.1 Å². The third-order valence-electron chi connectivity index (χ3n) is 2.03. The molecule has 0 amide bonds. The minimum absolute atomic E-state index is 0.176. The second kappa shape index (κ2) is 5.05. The maximum Gasteiger partial charge on any atom is 0.320 e. The molecule has 96 valence electrons. The normalized spacial score (nSPS) is 10.7. The summed E-state index contributed by atoms with van der Waals surface area (Å²) >= 11 is 0. The van der Waals surface area contributed by atoms with Crippen molar-refractivity contribution in [1.82, 2.24) is 15.5 Å². The summed E-state index contributed by atoms with van der Waals surface area (Å²) < 4.78 is 44.3. The van der Waals surface area contributed by atoms with Crippen LogP contribution in [0.1, 0.15) is 5.89 Å². The Hall–Kier alpha value is -2.09. The summed E-state index contributed by atoms with van der Waals surface area (Å²) in [5.74, 6) is -2.92. The van der Waals surface area contributed by atoms with E-state index in [4.69, 9.17) is 4.42 Å².